The number of fused-ring (bicyclic) bond motifs is 6. The Balaban J connectivity index is 0.000000169. The maximum atomic E-state index is 14.3. The molecule has 0 radical (unpaired) electrons. The molecular weight excluding hydrogens is 857 g/mol. The molecule has 3 fully saturated rings. The van der Waals surface area contributed by atoms with Gasteiger partial charge in [-0.25, -0.2) is 4.79 Å². The molecule has 2 saturated carbocycles. The van der Waals surface area contributed by atoms with Crippen LogP contribution in [0.1, 0.15) is 105 Å². The number of allylic oxidation sites excluding steroid dienone is 6. The van der Waals surface area contributed by atoms with E-state index in [2.05, 4.69) is 13.0 Å². The van der Waals surface area contributed by atoms with E-state index < -0.39 is 62.3 Å². The van der Waals surface area contributed by atoms with Crippen molar-refractivity contribution in [3.8, 4) is 34.1 Å². The molecule has 10 rings (SSSR count). The summed E-state index contributed by atoms with van der Waals surface area (Å²) in [7, 11) is 1.52. The monoisotopic (exact) mass is 914 g/mol. The number of aliphatic hydroxyl groups is 1. The van der Waals surface area contributed by atoms with Crippen molar-refractivity contribution in [3.05, 3.63) is 111 Å². The van der Waals surface area contributed by atoms with Crippen LogP contribution < -0.4 is 15.1 Å². The van der Waals surface area contributed by atoms with Gasteiger partial charge in [0, 0.05) is 29.2 Å². The maximum Gasteiger partial charge on any atom is 0.348 e. The molecule has 3 N–H and O–H groups in total. The molecule has 67 heavy (non-hydrogen) atoms. The van der Waals surface area contributed by atoms with E-state index in [9.17, 15) is 34.5 Å². The van der Waals surface area contributed by atoms with Crippen LogP contribution in [0.2, 0.25) is 0 Å². The number of aliphatic hydroxyl groups excluding tert-OH is 1. The van der Waals surface area contributed by atoms with Crippen LogP contribution in [0.4, 0.5) is 0 Å². The number of ketones is 2. The Morgan fingerprint density at radius 1 is 0.925 bits per heavy atom. The third-order valence-corrected chi connectivity index (χ3v) is 15.8. The Morgan fingerprint density at radius 3 is 2.25 bits per heavy atom. The third-order valence-electron chi connectivity index (χ3n) is 15.8. The number of carbonyl (C=O) groups is 3. The fourth-order valence-corrected chi connectivity index (χ4v) is 13.1. The molecule has 2 aromatic carbocycles. The molecule has 1 spiro atoms. The Kier molecular flexibility index (Phi) is 10.3. The summed E-state index contributed by atoms with van der Waals surface area (Å²) in [6, 6.07) is 7.94. The minimum atomic E-state index is -1.17. The van der Waals surface area contributed by atoms with Gasteiger partial charge in [0.2, 0.25) is 5.78 Å². The van der Waals surface area contributed by atoms with Gasteiger partial charge in [0.1, 0.15) is 51.3 Å². The van der Waals surface area contributed by atoms with Crippen molar-refractivity contribution in [1.82, 2.24) is 0 Å². The second-order valence-corrected chi connectivity index (χ2v) is 20.9. The van der Waals surface area contributed by atoms with Crippen LogP contribution in [0, 0.1) is 27.6 Å². The van der Waals surface area contributed by atoms with E-state index in [1.807, 2.05) is 59.8 Å². The van der Waals surface area contributed by atoms with Crippen molar-refractivity contribution in [2.24, 2.45) is 27.6 Å². The highest BCUT2D eigenvalue weighted by molar-refractivity contribution is 6.07. The number of esters is 1. The number of rotatable bonds is 6. The van der Waals surface area contributed by atoms with E-state index in [1.165, 1.54) is 26.2 Å². The number of aromatic hydroxyl groups is 2. The zero-order valence-electron chi connectivity index (χ0n) is 39.8. The van der Waals surface area contributed by atoms with Gasteiger partial charge in [-0.2, -0.15) is 0 Å². The average molecular weight is 915 g/mol. The van der Waals surface area contributed by atoms with Crippen LogP contribution in [0.5, 0.6) is 23.0 Å². The van der Waals surface area contributed by atoms with Gasteiger partial charge < -0.3 is 43.1 Å². The van der Waals surface area contributed by atoms with Gasteiger partial charge >= 0.3 is 11.6 Å². The number of hydrogen-bond donors (Lipinski definition) is 3. The lowest BCUT2D eigenvalue weighted by Gasteiger charge is -2.64. The first kappa shape index (κ1) is 45.8. The van der Waals surface area contributed by atoms with Crippen molar-refractivity contribution >= 4 is 34.6 Å². The van der Waals surface area contributed by atoms with Crippen molar-refractivity contribution in [1.29, 1.82) is 0 Å². The van der Waals surface area contributed by atoms with Crippen molar-refractivity contribution in [3.63, 3.8) is 0 Å². The molecule has 8 unspecified atom stereocenters. The quantitative estimate of drug-likeness (QED) is 0.0716. The second kappa shape index (κ2) is 15.1. The Bertz CT molecular complexity index is 2960. The fraction of sp³-hybridized carbons (Fsp3) is 0.444. The highest BCUT2D eigenvalue weighted by Crippen LogP contribution is 2.81. The van der Waals surface area contributed by atoms with Crippen molar-refractivity contribution in [2.75, 3.05) is 7.11 Å². The largest absolute Gasteiger partial charge is 0.508 e. The molecule has 4 heterocycles. The van der Waals surface area contributed by atoms with Crippen LogP contribution in [-0.4, -0.2) is 63.4 Å². The van der Waals surface area contributed by atoms with Gasteiger partial charge in [-0.1, -0.05) is 43.7 Å². The molecule has 8 atom stereocenters. The zero-order valence-corrected chi connectivity index (χ0v) is 39.8. The molecule has 352 valence electrons. The standard InChI is InChI=1S/C28H32O7.C26H26O6/c1-14(29)34-17-12-26(5)16(15-8-10-33-13-15)11-19-28(26,35-19)27(6)21(17)25(4)9-7-18(30)24(2,3)22(25)20(31)23(27)32;1-14(2)6-11-17-22-18(12-13-26(3,4)32-22)24-20(23(17)30-5)21(28)19(25(29)31-24)15-7-9-16(27)10-8-15/h7-10,13,16-17,19,21,31H,11-12H2,1-6H3;6-10,12-13,27-28H,11H2,1-5H3. The third kappa shape index (κ3) is 6.36. The Morgan fingerprint density at radius 2 is 1.63 bits per heavy atom. The van der Waals surface area contributed by atoms with E-state index in [4.69, 9.17) is 27.8 Å². The second-order valence-electron chi connectivity index (χ2n) is 20.9. The minimum Gasteiger partial charge on any atom is -0.508 e. The molecule has 2 aromatic heterocycles. The zero-order chi connectivity index (χ0) is 48.6. The SMILES string of the molecule is CC(=O)OC1CC2(C)C(c3ccoc3)CC3OC32C2(C)C(=O)C(O)=C3C(C)(C)C(=O)C=CC3(C)C12.COc1c(CC=C(C)C)c2c(c3oc(=O)c(-c4ccc(O)cc4)c(O)c13)C=CC(C)(C)O2. The summed E-state index contributed by atoms with van der Waals surface area (Å²) < 4.78 is 35.7. The van der Waals surface area contributed by atoms with E-state index in [0.717, 1.165) is 16.7 Å². The summed E-state index contributed by atoms with van der Waals surface area (Å²) in [4.78, 5) is 52.6. The van der Waals surface area contributed by atoms with E-state index in [0.29, 0.717) is 52.8 Å². The van der Waals surface area contributed by atoms with E-state index in [-0.39, 0.29) is 46.2 Å². The van der Waals surface area contributed by atoms with Crippen molar-refractivity contribution < 1.29 is 57.5 Å². The first-order valence-corrected chi connectivity index (χ1v) is 22.7. The first-order valence-electron chi connectivity index (χ1n) is 22.7. The van der Waals surface area contributed by atoms with Gasteiger partial charge in [-0.05, 0) is 127 Å². The van der Waals surface area contributed by atoms with Gasteiger partial charge in [-0.3, -0.25) is 14.4 Å². The van der Waals surface area contributed by atoms with E-state index in [1.54, 1.807) is 50.7 Å². The highest BCUT2D eigenvalue weighted by atomic mass is 16.6. The summed E-state index contributed by atoms with van der Waals surface area (Å²) in [6.07, 6.45) is 13.5. The lowest BCUT2D eigenvalue weighted by atomic mass is 9.38. The van der Waals surface area contributed by atoms with Gasteiger partial charge in [0.15, 0.2) is 17.1 Å². The van der Waals surface area contributed by atoms with Crippen LogP contribution in [0.15, 0.2) is 97.7 Å². The maximum absolute atomic E-state index is 14.3. The highest BCUT2D eigenvalue weighted by Gasteiger charge is 2.89. The molecule has 4 aliphatic carbocycles. The summed E-state index contributed by atoms with van der Waals surface area (Å²) in [5.74, 6) is -1.06. The number of benzene rings is 2. The van der Waals surface area contributed by atoms with Crippen LogP contribution >= 0.6 is 0 Å². The number of ether oxygens (including phenoxy) is 4. The molecule has 2 aliphatic heterocycles. The average Bonchev–Trinajstić information content (AvgIpc) is 3.61. The summed E-state index contributed by atoms with van der Waals surface area (Å²) in [6.45, 7) is 18.7. The van der Waals surface area contributed by atoms with Crippen LogP contribution in [0.25, 0.3) is 28.2 Å². The number of phenolic OH excluding ortho intramolecular Hbond substituents is 1. The fourth-order valence-electron chi connectivity index (χ4n) is 13.1. The lowest BCUT2D eigenvalue weighted by Crippen LogP contribution is -2.70. The van der Waals surface area contributed by atoms with Crippen molar-refractivity contribution in [2.45, 2.75) is 118 Å². The number of epoxide rings is 1. The Hall–Kier alpha value is -6.34. The molecule has 13 nitrogen and oxygen atoms in total. The smallest absolute Gasteiger partial charge is 0.348 e. The number of phenols is 1. The molecule has 13 heteroatoms. The normalized spacial score (nSPS) is 31.3. The predicted octanol–water partition coefficient (Wildman–Crippen LogP) is 10.0. The number of carbonyl (C=O) groups excluding carboxylic acids is 3. The molecule has 0 amide bonds. The molecular formula is C54H58O13. The topological polar surface area (TPSA) is 195 Å². The summed E-state index contributed by atoms with van der Waals surface area (Å²) >= 11 is 0. The molecule has 0 bridgehead atoms. The predicted molar refractivity (Wildman–Crippen MR) is 249 cm³/mol. The lowest BCUT2D eigenvalue weighted by molar-refractivity contribution is -0.200. The number of methoxy groups -OCH3 is 1. The molecule has 6 aliphatic rings. The van der Waals surface area contributed by atoms with E-state index >= 15 is 0 Å². The number of hydrogen-bond acceptors (Lipinski definition) is 13. The summed E-state index contributed by atoms with van der Waals surface area (Å²) in [5.41, 5.74) is -1.21. The molecule has 1 saturated heterocycles. The van der Waals surface area contributed by atoms with Crippen LogP contribution in [-0.2, 0) is 30.3 Å². The minimum absolute atomic E-state index is 0.00458. The van der Waals surface area contributed by atoms with Gasteiger partial charge in [-0.15, -0.1) is 0 Å². The first-order chi connectivity index (χ1) is 31.4. The van der Waals surface area contributed by atoms with Gasteiger partial charge in [0.25, 0.3) is 0 Å². The summed E-state index contributed by atoms with van der Waals surface area (Å²) in [5, 5.41) is 32.7. The van der Waals surface area contributed by atoms with Crippen LogP contribution in [0.3, 0.4) is 0 Å². The Labute approximate surface area is 388 Å². The number of Topliss-reactive ketones (excluding diaryl/α,β-unsaturated/α-hetero) is 1. The molecule has 4 aromatic rings. The number of furan rings is 1. The van der Waals surface area contributed by atoms with Gasteiger partial charge in [0.05, 0.1) is 42.1 Å².